The third kappa shape index (κ3) is 4.35. The summed E-state index contributed by atoms with van der Waals surface area (Å²) >= 11 is 12.3. The molecule has 0 aliphatic carbocycles. The lowest BCUT2D eigenvalue weighted by atomic mass is 10.2. The number of aromatic nitrogens is 5. The highest BCUT2D eigenvalue weighted by atomic mass is 35.5. The Balaban J connectivity index is 1.46. The Morgan fingerprint density at radius 3 is 2.84 bits per heavy atom. The average Bonchev–Trinajstić information content (AvgIpc) is 3.28. The van der Waals surface area contributed by atoms with E-state index in [0.717, 1.165) is 22.2 Å². The molecular weight excluding hydrogens is 439 g/mol. The van der Waals surface area contributed by atoms with Crippen LogP contribution in [0.2, 0.25) is 10.0 Å². The zero-order chi connectivity index (χ0) is 22.1. The molecule has 1 amide bonds. The molecule has 0 spiro atoms. The number of hydrogen-bond acceptors (Lipinski definition) is 5. The number of nitrogens with one attached hydrogen (secondary N) is 1. The maximum absolute atomic E-state index is 12.5. The summed E-state index contributed by atoms with van der Waals surface area (Å²) in [7, 11) is 1.79. The molecule has 0 fully saturated rings. The standard InChI is InChI=1S/C21H20Cl2N6O2/c1-12-9-13(2)25-20-18(12)21(27-28(20)3)31-11-17(30)26-16-7-8-24-29(16)10-14-5-4-6-15(22)19(14)23/h4-9H,10-11H2,1-3H3,(H,26,30). The van der Waals surface area contributed by atoms with Crippen LogP contribution >= 0.6 is 23.2 Å². The fraction of sp³-hybridized carbons (Fsp3) is 0.238. The van der Waals surface area contributed by atoms with Crippen LogP contribution in [0.1, 0.15) is 16.8 Å². The maximum atomic E-state index is 12.5. The number of hydrogen-bond donors (Lipinski definition) is 1. The van der Waals surface area contributed by atoms with Crippen molar-refractivity contribution in [2.75, 3.05) is 11.9 Å². The Hall–Kier alpha value is -3.10. The lowest BCUT2D eigenvalue weighted by Gasteiger charge is -2.11. The number of anilines is 1. The molecule has 3 aromatic heterocycles. The molecule has 10 heteroatoms. The number of carbonyl (C=O) groups excluding carboxylic acids is 1. The van der Waals surface area contributed by atoms with Gasteiger partial charge in [0.2, 0.25) is 5.88 Å². The van der Waals surface area contributed by atoms with Crippen LogP contribution in [0.3, 0.4) is 0 Å². The van der Waals surface area contributed by atoms with Gasteiger partial charge in [-0.2, -0.15) is 5.10 Å². The van der Waals surface area contributed by atoms with Gasteiger partial charge in [0.25, 0.3) is 5.91 Å². The molecular formula is C21H20Cl2N6O2. The number of nitrogens with zero attached hydrogens (tertiary/aromatic N) is 5. The molecule has 0 saturated heterocycles. The van der Waals surface area contributed by atoms with Crippen molar-refractivity contribution in [3.8, 4) is 5.88 Å². The van der Waals surface area contributed by atoms with Gasteiger partial charge in [-0.1, -0.05) is 35.3 Å². The molecule has 160 valence electrons. The van der Waals surface area contributed by atoms with Gasteiger partial charge in [-0.3, -0.25) is 4.79 Å². The minimum Gasteiger partial charge on any atom is -0.466 e. The highest BCUT2D eigenvalue weighted by molar-refractivity contribution is 6.42. The van der Waals surface area contributed by atoms with Crippen LogP contribution in [0.15, 0.2) is 36.5 Å². The van der Waals surface area contributed by atoms with Gasteiger partial charge < -0.3 is 10.1 Å². The van der Waals surface area contributed by atoms with Crippen molar-refractivity contribution < 1.29 is 9.53 Å². The number of pyridine rings is 1. The van der Waals surface area contributed by atoms with Gasteiger partial charge in [0.15, 0.2) is 12.3 Å². The Morgan fingerprint density at radius 2 is 2.03 bits per heavy atom. The Bertz CT molecular complexity index is 1280. The molecule has 0 unspecified atom stereocenters. The van der Waals surface area contributed by atoms with Gasteiger partial charge in [0.1, 0.15) is 5.82 Å². The van der Waals surface area contributed by atoms with Crippen molar-refractivity contribution in [2.24, 2.45) is 7.05 Å². The summed E-state index contributed by atoms with van der Waals surface area (Å²) in [5.74, 6) is 0.552. The van der Waals surface area contributed by atoms with E-state index in [1.165, 1.54) is 0 Å². The van der Waals surface area contributed by atoms with E-state index < -0.39 is 0 Å². The van der Waals surface area contributed by atoms with Crippen LogP contribution in [-0.4, -0.2) is 37.1 Å². The molecule has 0 aliphatic rings. The van der Waals surface area contributed by atoms with E-state index in [4.69, 9.17) is 27.9 Å². The molecule has 4 aromatic rings. The number of aryl methyl sites for hydroxylation is 3. The van der Waals surface area contributed by atoms with E-state index in [1.807, 2.05) is 32.0 Å². The third-order valence-corrected chi connectivity index (χ3v) is 5.62. The number of carbonyl (C=O) groups is 1. The monoisotopic (exact) mass is 458 g/mol. The van der Waals surface area contributed by atoms with Crippen LogP contribution < -0.4 is 10.1 Å². The average molecular weight is 459 g/mol. The second-order valence-corrected chi connectivity index (χ2v) is 7.92. The Kier molecular flexibility index (Phi) is 5.84. The number of halogens is 2. The highest BCUT2D eigenvalue weighted by Crippen LogP contribution is 2.28. The zero-order valence-electron chi connectivity index (χ0n) is 17.2. The minimum atomic E-state index is -0.338. The van der Waals surface area contributed by atoms with E-state index in [2.05, 4.69) is 20.5 Å². The van der Waals surface area contributed by atoms with Crippen molar-refractivity contribution in [2.45, 2.75) is 20.4 Å². The molecule has 31 heavy (non-hydrogen) atoms. The van der Waals surface area contributed by atoms with Crippen molar-refractivity contribution in [1.82, 2.24) is 24.5 Å². The van der Waals surface area contributed by atoms with Gasteiger partial charge in [-0.25, -0.2) is 14.3 Å². The largest absolute Gasteiger partial charge is 0.466 e. The van der Waals surface area contributed by atoms with Crippen LogP contribution in [0.5, 0.6) is 5.88 Å². The molecule has 0 aliphatic heterocycles. The fourth-order valence-electron chi connectivity index (χ4n) is 3.36. The first kappa shape index (κ1) is 21.1. The summed E-state index contributed by atoms with van der Waals surface area (Å²) in [6.07, 6.45) is 1.60. The second kappa shape index (κ2) is 8.56. The Labute approximate surface area is 188 Å². The summed E-state index contributed by atoms with van der Waals surface area (Å²) < 4.78 is 8.98. The van der Waals surface area contributed by atoms with Crippen LogP contribution in [0, 0.1) is 13.8 Å². The molecule has 1 aromatic carbocycles. The topological polar surface area (TPSA) is 86.9 Å². The van der Waals surface area contributed by atoms with E-state index >= 15 is 0 Å². The number of fused-ring (bicyclic) bond motifs is 1. The second-order valence-electron chi connectivity index (χ2n) is 7.13. The number of ether oxygens (including phenoxy) is 1. The molecule has 3 heterocycles. The van der Waals surface area contributed by atoms with E-state index in [0.29, 0.717) is 33.9 Å². The molecule has 0 saturated carbocycles. The highest BCUT2D eigenvalue weighted by Gasteiger charge is 2.16. The van der Waals surface area contributed by atoms with Gasteiger partial charge in [0, 0.05) is 18.8 Å². The quantitative estimate of drug-likeness (QED) is 0.468. The molecule has 8 nitrogen and oxygen atoms in total. The fourth-order valence-corrected chi connectivity index (χ4v) is 3.74. The summed E-state index contributed by atoms with van der Waals surface area (Å²) in [6, 6.07) is 9.04. The zero-order valence-corrected chi connectivity index (χ0v) is 18.7. The predicted molar refractivity (Wildman–Crippen MR) is 120 cm³/mol. The first-order valence-corrected chi connectivity index (χ1v) is 10.3. The van der Waals surface area contributed by atoms with E-state index in [-0.39, 0.29) is 12.5 Å². The maximum Gasteiger partial charge on any atom is 0.263 e. The molecule has 4 rings (SSSR count). The van der Waals surface area contributed by atoms with Crippen molar-refractivity contribution in [1.29, 1.82) is 0 Å². The van der Waals surface area contributed by atoms with Gasteiger partial charge in [0.05, 0.1) is 28.2 Å². The lowest BCUT2D eigenvalue weighted by Crippen LogP contribution is -2.22. The first-order valence-electron chi connectivity index (χ1n) is 9.52. The molecule has 0 bridgehead atoms. The van der Waals surface area contributed by atoms with Crippen LogP contribution in [-0.2, 0) is 18.4 Å². The normalized spacial score (nSPS) is 11.1. The predicted octanol–water partition coefficient (Wildman–Crippen LogP) is 4.15. The smallest absolute Gasteiger partial charge is 0.263 e. The van der Waals surface area contributed by atoms with Gasteiger partial charge in [-0.15, -0.1) is 5.10 Å². The van der Waals surface area contributed by atoms with Gasteiger partial charge >= 0.3 is 0 Å². The Morgan fingerprint density at radius 1 is 1.23 bits per heavy atom. The van der Waals surface area contributed by atoms with Crippen LogP contribution in [0.25, 0.3) is 11.0 Å². The summed E-state index contributed by atoms with van der Waals surface area (Å²) in [4.78, 5) is 17.0. The number of benzene rings is 1. The summed E-state index contributed by atoms with van der Waals surface area (Å²) in [5.41, 5.74) is 3.39. The number of amides is 1. The van der Waals surface area contributed by atoms with Crippen molar-refractivity contribution in [3.63, 3.8) is 0 Å². The summed E-state index contributed by atoms with van der Waals surface area (Å²) in [6.45, 7) is 4.04. The number of rotatable bonds is 6. The molecule has 0 radical (unpaired) electrons. The third-order valence-electron chi connectivity index (χ3n) is 4.76. The SMILES string of the molecule is Cc1cc(C)c2c(OCC(=O)Nc3ccnn3Cc3cccc(Cl)c3Cl)nn(C)c2n1. The lowest BCUT2D eigenvalue weighted by molar-refractivity contribution is -0.118. The van der Waals surface area contributed by atoms with E-state index in [9.17, 15) is 4.79 Å². The molecule has 1 N–H and O–H groups in total. The molecule has 0 atom stereocenters. The van der Waals surface area contributed by atoms with Crippen LogP contribution in [0.4, 0.5) is 5.82 Å². The van der Waals surface area contributed by atoms with E-state index in [1.54, 1.807) is 34.7 Å². The van der Waals surface area contributed by atoms with Crippen molar-refractivity contribution >= 4 is 46.0 Å². The summed E-state index contributed by atoms with van der Waals surface area (Å²) in [5, 5.41) is 13.1. The minimum absolute atomic E-state index is 0.206. The van der Waals surface area contributed by atoms with Gasteiger partial charge in [-0.05, 0) is 37.1 Å². The van der Waals surface area contributed by atoms with Crippen molar-refractivity contribution in [3.05, 3.63) is 63.4 Å². The first-order chi connectivity index (χ1) is 14.8.